The smallest absolute Gasteiger partial charge is 0.256 e. The first-order valence-electron chi connectivity index (χ1n) is 8.24. The predicted octanol–water partition coefficient (Wildman–Crippen LogP) is 2.82. The molecule has 23 heavy (non-hydrogen) atoms. The van der Waals surface area contributed by atoms with Gasteiger partial charge in [-0.25, -0.2) is 0 Å². The lowest BCUT2D eigenvalue weighted by molar-refractivity contribution is -0.145. The molecule has 5 nitrogen and oxygen atoms in total. The van der Waals surface area contributed by atoms with Crippen molar-refractivity contribution in [1.82, 2.24) is 14.7 Å². The van der Waals surface area contributed by atoms with Gasteiger partial charge in [0.25, 0.3) is 5.91 Å². The Kier molecular flexibility index (Phi) is 5.08. The van der Waals surface area contributed by atoms with E-state index in [1.807, 2.05) is 59.1 Å². The number of carbonyl (C=O) groups excluding carboxylic acids is 1. The molecule has 0 radical (unpaired) electrons. The number of rotatable bonds is 5. The molecular formula is C18H23N3O2. The van der Waals surface area contributed by atoms with Crippen molar-refractivity contribution < 1.29 is 9.53 Å². The van der Waals surface area contributed by atoms with Crippen molar-refractivity contribution in [3.8, 4) is 0 Å². The largest absolute Gasteiger partial charge is 0.364 e. The van der Waals surface area contributed by atoms with Crippen LogP contribution in [0.3, 0.4) is 0 Å². The van der Waals surface area contributed by atoms with Gasteiger partial charge in [-0.15, -0.1) is 0 Å². The maximum absolute atomic E-state index is 13.0. The van der Waals surface area contributed by atoms with Crippen LogP contribution in [0.25, 0.3) is 0 Å². The summed E-state index contributed by atoms with van der Waals surface area (Å²) in [6.45, 7) is 3.91. The van der Waals surface area contributed by atoms with Crippen LogP contribution in [0, 0.1) is 0 Å². The molecule has 0 saturated carbocycles. The van der Waals surface area contributed by atoms with E-state index in [-0.39, 0.29) is 11.9 Å². The molecule has 1 aliphatic rings. The SMILES string of the molecule is CCO[C@@H](C(=O)N1CCC[C@@H](n2cccn2)C1)c1ccccc1. The summed E-state index contributed by atoms with van der Waals surface area (Å²) in [6.07, 6.45) is 5.28. The zero-order chi connectivity index (χ0) is 16.1. The first kappa shape index (κ1) is 15.7. The van der Waals surface area contributed by atoms with Crippen LogP contribution in [-0.4, -0.2) is 40.3 Å². The Labute approximate surface area is 136 Å². The van der Waals surface area contributed by atoms with Crippen molar-refractivity contribution in [2.24, 2.45) is 0 Å². The third kappa shape index (κ3) is 3.62. The summed E-state index contributed by atoms with van der Waals surface area (Å²) in [5, 5.41) is 4.32. The number of amides is 1. The van der Waals surface area contributed by atoms with Crippen LogP contribution in [0.1, 0.15) is 37.5 Å². The van der Waals surface area contributed by atoms with E-state index in [1.165, 1.54) is 0 Å². The second-order valence-electron chi connectivity index (χ2n) is 5.81. The van der Waals surface area contributed by atoms with Gasteiger partial charge < -0.3 is 9.64 Å². The second kappa shape index (κ2) is 7.42. The van der Waals surface area contributed by atoms with Gasteiger partial charge in [0, 0.05) is 32.1 Å². The number of aromatic nitrogens is 2. The van der Waals surface area contributed by atoms with E-state index in [2.05, 4.69) is 5.10 Å². The quantitative estimate of drug-likeness (QED) is 0.853. The van der Waals surface area contributed by atoms with Crippen molar-refractivity contribution >= 4 is 5.91 Å². The molecule has 1 saturated heterocycles. The van der Waals surface area contributed by atoms with Gasteiger partial charge in [0.05, 0.1) is 6.04 Å². The number of ether oxygens (including phenoxy) is 1. The van der Waals surface area contributed by atoms with Gasteiger partial charge in [0.1, 0.15) is 0 Å². The summed E-state index contributed by atoms with van der Waals surface area (Å²) in [5.74, 6) is 0.0508. The number of benzene rings is 1. The fourth-order valence-electron chi connectivity index (χ4n) is 3.14. The van der Waals surface area contributed by atoms with Gasteiger partial charge in [-0.05, 0) is 31.4 Å². The molecule has 122 valence electrons. The molecule has 2 atom stereocenters. The van der Waals surface area contributed by atoms with Crippen LogP contribution in [0.2, 0.25) is 0 Å². The molecule has 0 unspecified atom stereocenters. The van der Waals surface area contributed by atoms with Gasteiger partial charge in [0.2, 0.25) is 0 Å². The molecule has 0 aliphatic carbocycles. The molecule has 0 spiro atoms. The molecule has 2 aromatic rings. The van der Waals surface area contributed by atoms with Gasteiger partial charge in [-0.2, -0.15) is 5.10 Å². The molecule has 1 aromatic carbocycles. The molecule has 0 N–H and O–H groups in total. The lowest BCUT2D eigenvalue weighted by atomic mass is 10.0. The minimum absolute atomic E-state index is 0.0508. The molecular weight excluding hydrogens is 290 g/mol. The van der Waals surface area contributed by atoms with E-state index in [1.54, 1.807) is 6.20 Å². The summed E-state index contributed by atoms with van der Waals surface area (Å²) in [6, 6.07) is 11.9. The van der Waals surface area contributed by atoms with Crippen molar-refractivity contribution in [1.29, 1.82) is 0 Å². The molecule has 5 heteroatoms. The fourth-order valence-corrected chi connectivity index (χ4v) is 3.14. The zero-order valence-electron chi connectivity index (χ0n) is 13.5. The monoisotopic (exact) mass is 313 g/mol. The summed E-state index contributed by atoms with van der Waals surface area (Å²) in [7, 11) is 0. The number of nitrogens with zero attached hydrogens (tertiary/aromatic N) is 3. The van der Waals surface area contributed by atoms with E-state index in [9.17, 15) is 4.79 Å². The highest BCUT2D eigenvalue weighted by molar-refractivity contribution is 5.82. The number of hydrogen-bond acceptors (Lipinski definition) is 3. The third-order valence-corrected chi connectivity index (χ3v) is 4.27. The molecule has 3 rings (SSSR count). The molecule has 1 aromatic heterocycles. The molecule has 1 fully saturated rings. The van der Waals surface area contributed by atoms with E-state index in [0.29, 0.717) is 13.2 Å². The number of carbonyl (C=O) groups is 1. The Morgan fingerprint density at radius 1 is 1.35 bits per heavy atom. The van der Waals surface area contributed by atoms with Gasteiger partial charge in [0.15, 0.2) is 6.10 Å². The molecule has 0 bridgehead atoms. The predicted molar refractivity (Wildman–Crippen MR) is 87.9 cm³/mol. The minimum Gasteiger partial charge on any atom is -0.364 e. The maximum Gasteiger partial charge on any atom is 0.256 e. The lowest BCUT2D eigenvalue weighted by Gasteiger charge is -2.35. The van der Waals surface area contributed by atoms with Crippen molar-refractivity contribution in [3.05, 3.63) is 54.4 Å². The Morgan fingerprint density at radius 3 is 2.87 bits per heavy atom. The Balaban J connectivity index is 1.74. The third-order valence-electron chi connectivity index (χ3n) is 4.27. The Bertz CT molecular complexity index is 612. The standard InChI is InChI=1S/C18H23N3O2/c1-2-23-17(15-8-4-3-5-9-15)18(22)20-12-6-10-16(14-20)21-13-7-11-19-21/h3-5,7-9,11,13,16-17H,2,6,10,12,14H2,1H3/t16-,17-/m1/s1. The molecule has 1 aliphatic heterocycles. The van der Waals surface area contributed by atoms with Crippen molar-refractivity contribution in [3.63, 3.8) is 0 Å². The van der Waals surface area contributed by atoms with Crippen molar-refractivity contribution in [2.75, 3.05) is 19.7 Å². The summed E-state index contributed by atoms with van der Waals surface area (Å²) >= 11 is 0. The van der Waals surface area contributed by atoms with Crippen LogP contribution >= 0.6 is 0 Å². The summed E-state index contributed by atoms with van der Waals surface area (Å²) in [4.78, 5) is 14.9. The number of hydrogen-bond donors (Lipinski definition) is 0. The van der Waals surface area contributed by atoms with Crippen LogP contribution in [-0.2, 0) is 9.53 Å². The van der Waals surface area contributed by atoms with Gasteiger partial charge >= 0.3 is 0 Å². The van der Waals surface area contributed by atoms with Crippen molar-refractivity contribution in [2.45, 2.75) is 31.9 Å². The average Bonchev–Trinajstić information content (AvgIpc) is 3.15. The van der Waals surface area contributed by atoms with Crippen LogP contribution in [0.5, 0.6) is 0 Å². The Hall–Kier alpha value is -2.14. The van der Waals surface area contributed by atoms with Gasteiger partial charge in [-0.1, -0.05) is 30.3 Å². The average molecular weight is 313 g/mol. The second-order valence-corrected chi connectivity index (χ2v) is 5.81. The minimum atomic E-state index is -0.516. The van der Waals surface area contributed by atoms with Crippen LogP contribution in [0.15, 0.2) is 48.8 Å². The van der Waals surface area contributed by atoms with Crippen LogP contribution < -0.4 is 0 Å². The highest BCUT2D eigenvalue weighted by Gasteiger charge is 2.31. The van der Waals surface area contributed by atoms with E-state index in [0.717, 1.165) is 24.9 Å². The van der Waals surface area contributed by atoms with E-state index >= 15 is 0 Å². The van der Waals surface area contributed by atoms with E-state index in [4.69, 9.17) is 4.74 Å². The summed E-state index contributed by atoms with van der Waals surface area (Å²) < 4.78 is 7.71. The number of piperidine rings is 1. The highest BCUT2D eigenvalue weighted by Crippen LogP contribution is 2.26. The highest BCUT2D eigenvalue weighted by atomic mass is 16.5. The van der Waals surface area contributed by atoms with Gasteiger partial charge in [-0.3, -0.25) is 9.48 Å². The first-order chi connectivity index (χ1) is 11.3. The fraction of sp³-hybridized carbons (Fsp3) is 0.444. The first-order valence-corrected chi connectivity index (χ1v) is 8.24. The normalized spacial score (nSPS) is 19.5. The number of likely N-dealkylation sites (tertiary alicyclic amines) is 1. The van der Waals surface area contributed by atoms with E-state index < -0.39 is 6.10 Å². The zero-order valence-corrected chi connectivity index (χ0v) is 13.5. The Morgan fingerprint density at radius 2 is 2.17 bits per heavy atom. The molecule has 2 heterocycles. The summed E-state index contributed by atoms with van der Waals surface area (Å²) in [5.41, 5.74) is 0.917. The van der Waals surface area contributed by atoms with Crippen LogP contribution in [0.4, 0.5) is 0 Å². The molecule has 1 amide bonds. The lowest BCUT2D eigenvalue weighted by Crippen LogP contribution is -2.43. The maximum atomic E-state index is 13.0. The topological polar surface area (TPSA) is 47.4 Å².